The lowest BCUT2D eigenvalue weighted by Gasteiger charge is -2.10. The molecule has 1 N–H and O–H groups in total. The highest BCUT2D eigenvalue weighted by Crippen LogP contribution is 2.17. The Balaban J connectivity index is 1.58. The second kappa shape index (κ2) is 7.35. The molecule has 0 unspecified atom stereocenters. The summed E-state index contributed by atoms with van der Waals surface area (Å²) in [6.45, 7) is 0. The van der Waals surface area contributed by atoms with Gasteiger partial charge < -0.3 is 10.2 Å². The summed E-state index contributed by atoms with van der Waals surface area (Å²) in [5.41, 5.74) is 1.96. The standard InChI is InChI=1S/C17H17N5O2S/c1-21(2)16(24)12-6-8-13(9-7-12)18-15(23)11-25-17-20-19-14-5-3-4-10-22(14)17/h3-10H,11H2,1-2H3,(H,18,23). The monoisotopic (exact) mass is 355 g/mol. The van der Waals surface area contributed by atoms with E-state index in [1.54, 1.807) is 38.4 Å². The van der Waals surface area contributed by atoms with Crippen LogP contribution < -0.4 is 5.32 Å². The summed E-state index contributed by atoms with van der Waals surface area (Å²) in [6, 6.07) is 12.4. The van der Waals surface area contributed by atoms with E-state index >= 15 is 0 Å². The van der Waals surface area contributed by atoms with Gasteiger partial charge in [-0.1, -0.05) is 17.8 Å². The number of nitrogens with zero attached hydrogens (tertiary/aromatic N) is 4. The fraction of sp³-hybridized carbons (Fsp3) is 0.176. The summed E-state index contributed by atoms with van der Waals surface area (Å²) in [5.74, 6) is -0.00914. The zero-order chi connectivity index (χ0) is 17.8. The van der Waals surface area contributed by atoms with Crippen LogP contribution in [0.4, 0.5) is 5.69 Å². The molecule has 0 radical (unpaired) electrons. The Hall–Kier alpha value is -2.87. The summed E-state index contributed by atoms with van der Waals surface area (Å²) >= 11 is 1.31. The van der Waals surface area contributed by atoms with Gasteiger partial charge >= 0.3 is 0 Å². The van der Waals surface area contributed by atoms with Gasteiger partial charge in [0.25, 0.3) is 5.91 Å². The summed E-state index contributed by atoms with van der Waals surface area (Å²) in [4.78, 5) is 25.5. The molecule has 0 aliphatic rings. The molecular weight excluding hydrogens is 338 g/mol. The van der Waals surface area contributed by atoms with Gasteiger partial charge in [0.1, 0.15) is 0 Å². The van der Waals surface area contributed by atoms with Crippen molar-refractivity contribution in [2.24, 2.45) is 0 Å². The second-order valence-corrected chi connectivity index (χ2v) is 6.47. The van der Waals surface area contributed by atoms with Crippen LogP contribution in [0.1, 0.15) is 10.4 Å². The van der Waals surface area contributed by atoms with E-state index in [2.05, 4.69) is 15.5 Å². The maximum atomic E-state index is 12.1. The number of fused-ring (bicyclic) bond motifs is 1. The number of thioether (sulfide) groups is 1. The molecule has 0 saturated carbocycles. The Labute approximate surface area is 149 Å². The number of aromatic nitrogens is 3. The molecule has 25 heavy (non-hydrogen) atoms. The number of anilines is 1. The molecule has 0 atom stereocenters. The van der Waals surface area contributed by atoms with Crippen LogP contribution in [-0.4, -0.2) is 51.2 Å². The molecule has 1 aromatic carbocycles. The third-order valence-electron chi connectivity index (χ3n) is 3.44. The predicted octanol–water partition coefficient (Wildman–Crippen LogP) is 2.16. The van der Waals surface area contributed by atoms with Crippen molar-refractivity contribution in [3.8, 4) is 0 Å². The quantitative estimate of drug-likeness (QED) is 0.710. The first kappa shape index (κ1) is 17.0. The van der Waals surface area contributed by atoms with Crippen molar-refractivity contribution in [3.05, 3.63) is 54.2 Å². The van der Waals surface area contributed by atoms with E-state index in [9.17, 15) is 9.59 Å². The molecule has 0 fully saturated rings. The summed E-state index contributed by atoms with van der Waals surface area (Å²) < 4.78 is 1.83. The van der Waals surface area contributed by atoms with E-state index in [1.807, 2.05) is 28.8 Å². The van der Waals surface area contributed by atoms with Crippen molar-refractivity contribution in [1.29, 1.82) is 0 Å². The van der Waals surface area contributed by atoms with Gasteiger partial charge in [-0.25, -0.2) is 0 Å². The SMILES string of the molecule is CN(C)C(=O)c1ccc(NC(=O)CSc2nnc3ccccn23)cc1. The molecule has 2 aromatic heterocycles. The summed E-state index contributed by atoms with van der Waals surface area (Å²) in [5, 5.41) is 11.6. The number of nitrogens with one attached hydrogen (secondary N) is 1. The summed E-state index contributed by atoms with van der Waals surface area (Å²) in [6.07, 6.45) is 1.86. The van der Waals surface area contributed by atoms with Crippen molar-refractivity contribution in [2.45, 2.75) is 5.16 Å². The molecule has 0 aliphatic heterocycles. The molecule has 0 saturated heterocycles. The first-order valence-electron chi connectivity index (χ1n) is 7.59. The molecule has 2 heterocycles. The Morgan fingerprint density at radius 2 is 1.88 bits per heavy atom. The number of rotatable bonds is 5. The highest BCUT2D eigenvalue weighted by Gasteiger charge is 2.10. The summed E-state index contributed by atoms with van der Waals surface area (Å²) in [7, 11) is 3.40. The lowest BCUT2D eigenvalue weighted by atomic mass is 10.2. The van der Waals surface area contributed by atoms with Crippen LogP contribution in [0.15, 0.2) is 53.8 Å². The number of pyridine rings is 1. The van der Waals surface area contributed by atoms with Crippen molar-refractivity contribution < 1.29 is 9.59 Å². The number of carbonyl (C=O) groups is 2. The van der Waals surface area contributed by atoms with Crippen molar-refractivity contribution in [1.82, 2.24) is 19.5 Å². The molecule has 0 bridgehead atoms. The van der Waals surface area contributed by atoms with Crippen LogP contribution in [0.25, 0.3) is 5.65 Å². The normalized spacial score (nSPS) is 10.6. The Bertz CT molecular complexity index is 905. The number of amides is 2. The number of carbonyl (C=O) groups excluding carboxylic acids is 2. The van der Waals surface area contributed by atoms with Gasteiger partial charge in [-0.2, -0.15) is 0 Å². The fourth-order valence-electron chi connectivity index (χ4n) is 2.20. The molecule has 8 heteroatoms. The van der Waals surface area contributed by atoms with Crippen LogP contribution in [-0.2, 0) is 4.79 Å². The van der Waals surface area contributed by atoms with E-state index in [4.69, 9.17) is 0 Å². The zero-order valence-electron chi connectivity index (χ0n) is 13.8. The molecular formula is C17H17N5O2S. The van der Waals surface area contributed by atoms with Crippen molar-refractivity contribution in [3.63, 3.8) is 0 Å². The van der Waals surface area contributed by atoms with Crippen LogP contribution in [0, 0.1) is 0 Å². The Kier molecular flexibility index (Phi) is 4.99. The van der Waals surface area contributed by atoms with E-state index in [1.165, 1.54) is 16.7 Å². The number of hydrogen-bond donors (Lipinski definition) is 1. The minimum Gasteiger partial charge on any atom is -0.345 e. The van der Waals surface area contributed by atoms with Gasteiger partial charge in [0.15, 0.2) is 10.8 Å². The number of hydrogen-bond acceptors (Lipinski definition) is 5. The minimum atomic E-state index is -0.149. The Morgan fingerprint density at radius 1 is 1.12 bits per heavy atom. The van der Waals surface area contributed by atoms with Crippen molar-refractivity contribution in [2.75, 3.05) is 25.2 Å². The average Bonchev–Trinajstić information content (AvgIpc) is 3.03. The Morgan fingerprint density at radius 3 is 2.60 bits per heavy atom. The average molecular weight is 355 g/mol. The molecule has 128 valence electrons. The molecule has 2 amide bonds. The van der Waals surface area contributed by atoms with E-state index in [0.29, 0.717) is 16.4 Å². The molecule has 0 aliphatic carbocycles. The highest BCUT2D eigenvalue weighted by atomic mass is 32.2. The minimum absolute atomic E-state index is 0.0767. The second-order valence-electron chi connectivity index (χ2n) is 5.53. The van der Waals surface area contributed by atoms with E-state index < -0.39 is 0 Å². The van der Waals surface area contributed by atoms with Gasteiger partial charge in [0.2, 0.25) is 5.91 Å². The maximum Gasteiger partial charge on any atom is 0.253 e. The lowest BCUT2D eigenvalue weighted by molar-refractivity contribution is -0.113. The van der Waals surface area contributed by atoms with E-state index in [0.717, 1.165) is 5.65 Å². The molecule has 0 spiro atoms. The smallest absolute Gasteiger partial charge is 0.253 e. The third kappa shape index (κ3) is 3.97. The van der Waals surface area contributed by atoms with Crippen LogP contribution in [0.2, 0.25) is 0 Å². The zero-order valence-corrected chi connectivity index (χ0v) is 14.7. The van der Waals surface area contributed by atoms with Crippen LogP contribution in [0.5, 0.6) is 0 Å². The topological polar surface area (TPSA) is 79.6 Å². The maximum absolute atomic E-state index is 12.1. The highest BCUT2D eigenvalue weighted by molar-refractivity contribution is 7.99. The molecule has 3 aromatic rings. The lowest BCUT2D eigenvalue weighted by Crippen LogP contribution is -2.21. The first-order valence-corrected chi connectivity index (χ1v) is 8.57. The largest absolute Gasteiger partial charge is 0.345 e. The van der Waals surface area contributed by atoms with Gasteiger partial charge in [-0.15, -0.1) is 10.2 Å². The third-order valence-corrected chi connectivity index (χ3v) is 4.38. The van der Waals surface area contributed by atoms with Gasteiger partial charge in [-0.05, 0) is 36.4 Å². The van der Waals surface area contributed by atoms with Gasteiger partial charge in [0, 0.05) is 31.5 Å². The first-order chi connectivity index (χ1) is 12.0. The molecule has 3 rings (SSSR count). The fourth-order valence-corrected chi connectivity index (χ4v) is 2.92. The molecule has 7 nitrogen and oxygen atoms in total. The van der Waals surface area contributed by atoms with Crippen molar-refractivity contribution >= 4 is 34.9 Å². The predicted molar refractivity (Wildman–Crippen MR) is 96.8 cm³/mol. The van der Waals surface area contributed by atoms with Crippen LogP contribution in [0.3, 0.4) is 0 Å². The van der Waals surface area contributed by atoms with Crippen LogP contribution >= 0.6 is 11.8 Å². The number of benzene rings is 1. The van der Waals surface area contributed by atoms with E-state index in [-0.39, 0.29) is 17.6 Å². The van der Waals surface area contributed by atoms with Gasteiger partial charge in [0.05, 0.1) is 5.75 Å². The van der Waals surface area contributed by atoms with Gasteiger partial charge in [-0.3, -0.25) is 14.0 Å².